The Bertz CT molecular complexity index is 1770. The lowest BCUT2D eigenvalue weighted by Crippen LogP contribution is -2.40. The van der Waals surface area contributed by atoms with E-state index < -0.39 is 6.04 Å². The van der Waals surface area contributed by atoms with Gasteiger partial charge in [-0.05, 0) is 53.8 Å². The molecule has 1 unspecified atom stereocenters. The van der Waals surface area contributed by atoms with Crippen LogP contribution in [0.2, 0.25) is 0 Å². The van der Waals surface area contributed by atoms with Gasteiger partial charge in [-0.15, -0.1) is 0 Å². The van der Waals surface area contributed by atoms with E-state index in [0.29, 0.717) is 41.4 Å². The van der Waals surface area contributed by atoms with Gasteiger partial charge in [-0.2, -0.15) is 0 Å². The number of benzene rings is 3. The minimum atomic E-state index is -0.626. The number of pyridine rings is 1. The zero-order valence-corrected chi connectivity index (χ0v) is 25.6. The number of ketones is 1. The molecular weight excluding hydrogens is 556 g/mol. The van der Waals surface area contributed by atoms with Crippen molar-refractivity contribution < 1.29 is 23.8 Å². The molecule has 1 aliphatic heterocycles. The molecule has 1 aliphatic carbocycles. The van der Waals surface area contributed by atoms with E-state index in [1.54, 1.807) is 27.5 Å². The van der Waals surface area contributed by atoms with Crippen LogP contribution in [0.15, 0.2) is 84.2 Å². The summed E-state index contributed by atoms with van der Waals surface area (Å²) in [5, 5.41) is 7.54. The van der Waals surface area contributed by atoms with Crippen LogP contribution in [0, 0.1) is 5.41 Å². The minimum Gasteiger partial charge on any atom is -0.493 e. The predicted octanol–water partition coefficient (Wildman–Crippen LogP) is 6.52. The second-order valence-electron chi connectivity index (χ2n) is 11.9. The van der Waals surface area contributed by atoms with Crippen LogP contribution >= 0.6 is 0 Å². The number of para-hydroxylation sites is 3. The summed E-state index contributed by atoms with van der Waals surface area (Å²) in [4.78, 5) is 34.4. The highest BCUT2D eigenvalue weighted by Gasteiger charge is 2.42. The number of ether oxygens (including phenoxy) is 3. The van der Waals surface area contributed by atoms with Gasteiger partial charge >= 0.3 is 0 Å². The van der Waals surface area contributed by atoms with E-state index in [-0.39, 0.29) is 23.7 Å². The largest absolute Gasteiger partial charge is 0.493 e. The summed E-state index contributed by atoms with van der Waals surface area (Å²) in [6, 6.07) is 20.6. The molecule has 9 nitrogen and oxygen atoms in total. The number of aromatic nitrogens is 1. The molecule has 1 aromatic heterocycles. The van der Waals surface area contributed by atoms with Crippen LogP contribution in [0.5, 0.6) is 17.2 Å². The third-order valence-corrected chi connectivity index (χ3v) is 8.20. The molecule has 1 atom stereocenters. The summed E-state index contributed by atoms with van der Waals surface area (Å²) in [6.45, 7) is 4.16. The van der Waals surface area contributed by atoms with E-state index in [4.69, 9.17) is 14.2 Å². The molecule has 0 bridgehead atoms. The van der Waals surface area contributed by atoms with Crippen molar-refractivity contribution in [1.29, 1.82) is 0 Å². The standard InChI is InChI=1S/C35H36N4O5/c1-35(2)17-26-32(28(40)18-35)33(22-15-29(42-3)34(44-5)30(16-22)43-4)39(27-13-9-8-12-25(27)38-26)20-31(41)37-23-14-21-10-6-7-11-24(21)36-19-23/h6-16,19,33,38H,17-18,20H2,1-5H3,(H,37,41). The number of carbonyl (C=O) groups is 2. The highest BCUT2D eigenvalue weighted by atomic mass is 16.5. The van der Waals surface area contributed by atoms with Crippen molar-refractivity contribution in [3.8, 4) is 17.2 Å². The number of rotatable bonds is 7. The Balaban J connectivity index is 1.50. The van der Waals surface area contributed by atoms with Crippen LogP contribution in [0.3, 0.4) is 0 Å². The Morgan fingerprint density at radius 3 is 2.41 bits per heavy atom. The zero-order valence-electron chi connectivity index (χ0n) is 25.6. The van der Waals surface area contributed by atoms with Crippen molar-refractivity contribution in [1.82, 2.24) is 4.98 Å². The molecular formula is C35H36N4O5. The molecule has 44 heavy (non-hydrogen) atoms. The van der Waals surface area contributed by atoms with Gasteiger partial charge in [0.1, 0.15) is 0 Å². The lowest BCUT2D eigenvalue weighted by Gasteiger charge is -2.38. The van der Waals surface area contributed by atoms with Gasteiger partial charge in [0.05, 0.1) is 62.7 Å². The molecule has 3 aromatic carbocycles. The summed E-state index contributed by atoms with van der Waals surface area (Å²) in [7, 11) is 4.68. The Morgan fingerprint density at radius 1 is 0.977 bits per heavy atom. The normalized spacial score (nSPS) is 17.2. The first-order valence-corrected chi connectivity index (χ1v) is 14.5. The first-order valence-electron chi connectivity index (χ1n) is 14.5. The third-order valence-electron chi connectivity index (χ3n) is 8.20. The summed E-state index contributed by atoms with van der Waals surface area (Å²) in [5.41, 5.74) is 5.02. The van der Waals surface area contributed by atoms with E-state index in [2.05, 4.69) is 29.5 Å². The molecule has 2 aliphatic rings. The first-order chi connectivity index (χ1) is 21.2. The molecule has 0 fully saturated rings. The molecule has 226 valence electrons. The fraction of sp³-hybridized carbons (Fsp3) is 0.286. The number of hydrogen-bond acceptors (Lipinski definition) is 8. The molecule has 4 aromatic rings. The van der Waals surface area contributed by atoms with E-state index >= 15 is 0 Å². The van der Waals surface area contributed by atoms with Gasteiger partial charge in [0.2, 0.25) is 11.7 Å². The van der Waals surface area contributed by atoms with E-state index in [9.17, 15) is 9.59 Å². The highest BCUT2D eigenvalue weighted by Crippen LogP contribution is 2.50. The smallest absolute Gasteiger partial charge is 0.243 e. The molecule has 0 saturated heterocycles. The van der Waals surface area contributed by atoms with Gasteiger partial charge in [-0.1, -0.05) is 44.2 Å². The van der Waals surface area contributed by atoms with E-state index in [0.717, 1.165) is 33.5 Å². The lowest BCUT2D eigenvalue weighted by atomic mass is 9.73. The SMILES string of the molecule is COc1cc(C2C3=C(CC(C)(C)CC3=O)Nc3ccccc3N2CC(=O)Nc2cnc3ccccc3c2)cc(OC)c1OC. The van der Waals surface area contributed by atoms with E-state index in [1.165, 1.54) is 0 Å². The van der Waals surface area contributed by atoms with Gasteiger partial charge in [0.25, 0.3) is 0 Å². The Hall–Kier alpha value is -5.05. The topological polar surface area (TPSA) is 102 Å². The summed E-state index contributed by atoms with van der Waals surface area (Å²) in [5.74, 6) is 1.15. The highest BCUT2D eigenvalue weighted by molar-refractivity contribution is 6.03. The maximum absolute atomic E-state index is 14.1. The van der Waals surface area contributed by atoms with Gasteiger partial charge < -0.3 is 29.7 Å². The van der Waals surface area contributed by atoms with Crippen molar-refractivity contribution in [2.75, 3.05) is 43.4 Å². The number of carbonyl (C=O) groups excluding carboxylic acids is 2. The third kappa shape index (κ3) is 5.41. The van der Waals surface area contributed by atoms with Gasteiger partial charge in [0.15, 0.2) is 17.3 Å². The quantitative estimate of drug-likeness (QED) is 0.250. The molecule has 1 amide bonds. The number of amides is 1. The predicted molar refractivity (Wildman–Crippen MR) is 172 cm³/mol. The van der Waals surface area contributed by atoms with Crippen LogP contribution in [0.1, 0.15) is 38.3 Å². The monoisotopic (exact) mass is 592 g/mol. The summed E-state index contributed by atoms with van der Waals surface area (Å²) in [6.07, 6.45) is 2.71. The fourth-order valence-electron chi connectivity index (χ4n) is 6.33. The summed E-state index contributed by atoms with van der Waals surface area (Å²) >= 11 is 0. The van der Waals surface area contributed by atoms with Crippen LogP contribution in [-0.2, 0) is 9.59 Å². The molecule has 9 heteroatoms. The Labute approximate surface area is 256 Å². The first kappa shape index (κ1) is 29.0. The van der Waals surface area contributed by atoms with Crippen molar-refractivity contribution in [3.63, 3.8) is 0 Å². The number of nitrogens with zero attached hydrogens (tertiary/aromatic N) is 2. The number of methoxy groups -OCH3 is 3. The van der Waals surface area contributed by atoms with Crippen LogP contribution in [-0.4, -0.2) is 44.5 Å². The maximum Gasteiger partial charge on any atom is 0.243 e. The number of allylic oxidation sites excluding steroid dienone is 1. The average Bonchev–Trinajstić information content (AvgIpc) is 3.13. The number of anilines is 3. The fourth-order valence-corrected chi connectivity index (χ4v) is 6.33. The lowest BCUT2D eigenvalue weighted by molar-refractivity contribution is -0.119. The molecule has 0 saturated carbocycles. The molecule has 0 radical (unpaired) electrons. The number of hydrogen-bond donors (Lipinski definition) is 2. The Kier molecular flexibility index (Phi) is 7.63. The van der Waals surface area contributed by atoms with Crippen LogP contribution < -0.4 is 29.7 Å². The summed E-state index contributed by atoms with van der Waals surface area (Å²) < 4.78 is 17.0. The number of nitrogens with one attached hydrogen (secondary N) is 2. The van der Waals surface area contributed by atoms with Crippen molar-refractivity contribution in [2.45, 2.75) is 32.7 Å². The maximum atomic E-state index is 14.1. The zero-order chi connectivity index (χ0) is 31.0. The molecule has 6 rings (SSSR count). The van der Waals surface area contributed by atoms with Crippen LogP contribution in [0.25, 0.3) is 10.9 Å². The molecule has 2 N–H and O–H groups in total. The van der Waals surface area contributed by atoms with Crippen molar-refractivity contribution in [2.24, 2.45) is 5.41 Å². The van der Waals surface area contributed by atoms with Crippen LogP contribution in [0.4, 0.5) is 17.1 Å². The van der Waals surface area contributed by atoms with E-state index in [1.807, 2.05) is 71.6 Å². The van der Waals surface area contributed by atoms with Gasteiger partial charge in [0, 0.05) is 23.1 Å². The second kappa shape index (κ2) is 11.6. The average molecular weight is 593 g/mol. The van der Waals surface area contributed by atoms with Gasteiger partial charge in [-0.25, -0.2) is 0 Å². The number of fused-ring (bicyclic) bond motifs is 2. The molecule has 0 spiro atoms. The van der Waals surface area contributed by atoms with Gasteiger partial charge in [-0.3, -0.25) is 14.6 Å². The Morgan fingerprint density at radius 2 is 1.68 bits per heavy atom. The van der Waals surface area contributed by atoms with Crippen molar-refractivity contribution in [3.05, 3.63) is 89.8 Å². The molecule has 2 heterocycles. The minimum absolute atomic E-state index is 0.0273. The second-order valence-corrected chi connectivity index (χ2v) is 11.9. The van der Waals surface area contributed by atoms with Crippen molar-refractivity contribution >= 4 is 39.7 Å². The number of Topliss-reactive ketones (excluding diaryl/α,β-unsaturated/α-hetero) is 1.